The van der Waals surface area contributed by atoms with Gasteiger partial charge in [-0.2, -0.15) is 10.1 Å². The van der Waals surface area contributed by atoms with Gasteiger partial charge in [-0.3, -0.25) is 29.0 Å². The van der Waals surface area contributed by atoms with Crippen LogP contribution in [-0.2, 0) is 25.7 Å². The first-order chi connectivity index (χ1) is 32.4. The molecule has 0 aliphatic rings. The first-order valence-corrected chi connectivity index (χ1v) is 23.9. The van der Waals surface area contributed by atoms with E-state index < -0.39 is 23.5 Å². The van der Waals surface area contributed by atoms with Crippen molar-refractivity contribution in [2.75, 3.05) is 36.5 Å². The molecule has 1 unspecified atom stereocenters. The Morgan fingerprint density at radius 1 is 0.836 bits per heavy atom. The number of aromatic nitrogens is 5. The fourth-order valence-electron chi connectivity index (χ4n) is 6.11. The number of nitrogens with two attached hydrogens (primary N) is 1. The zero-order valence-electron chi connectivity index (χ0n) is 36.9. The number of aliphatic carboxylic acids is 1. The lowest BCUT2D eigenvalue weighted by Gasteiger charge is -2.15. The quantitative estimate of drug-likeness (QED) is 0.0147. The number of amides is 4. The summed E-state index contributed by atoms with van der Waals surface area (Å²) in [6, 6.07) is 18.1. The van der Waals surface area contributed by atoms with E-state index in [1.807, 2.05) is 49.4 Å². The van der Waals surface area contributed by atoms with Gasteiger partial charge in [0.05, 0.1) is 30.8 Å². The first kappa shape index (κ1) is 50.9. The van der Waals surface area contributed by atoms with E-state index >= 15 is 0 Å². The molecule has 2 aromatic carbocycles. The molecule has 0 saturated carbocycles. The summed E-state index contributed by atoms with van der Waals surface area (Å²) in [5.74, 6) is -1.14. The SMILES string of the molecule is C/C(=N\NC(=O)CCSSc1ccccn1)c1ccc(OCCCC(=O)NCCCCCCNC(=O)CCC(NC(=O)c2ccc(NCc3cnc4nc(N)[nH]c(=O)c4n3)cc2)C(=O)O)cc1. The van der Waals surface area contributed by atoms with Gasteiger partial charge in [0.1, 0.15) is 16.8 Å². The van der Waals surface area contributed by atoms with E-state index in [-0.39, 0.29) is 59.8 Å². The number of hydrazone groups is 1. The van der Waals surface area contributed by atoms with Crippen LogP contribution in [0.1, 0.15) is 86.3 Å². The molecule has 0 aliphatic carbocycles. The molecule has 4 amide bonds. The second-order valence-electron chi connectivity index (χ2n) is 15.0. The highest BCUT2D eigenvalue weighted by atomic mass is 33.1. The number of nitrogens with one attached hydrogen (secondary N) is 6. The number of nitrogens with zero attached hydrogens (tertiary/aromatic N) is 5. The topological polar surface area (TPSA) is 298 Å². The molecule has 1 atom stereocenters. The van der Waals surface area contributed by atoms with Crippen molar-refractivity contribution in [3.8, 4) is 5.75 Å². The number of unbranched alkanes of at least 4 members (excludes halogenated alkanes) is 3. The number of fused-ring (bicyclic) bond motifs is 1. The Bertz CT molecular complexity index is 2510. The zero-order valence-corrected chi connectivity index (χ0v) is 38.6. The monoisotopic (exact) mass is 954 g/mol. The lowest BCUT2D eigenvalue weighted by molar-refractivity contribution is -0.139. The molecule has 0 fully saturated rings. The standard InChI is InChI=1S/C45H54N12O8S2/c1-29(56-57-38(60)21-26-66-67-39-10-4-7-24-49-39)30-13-17-34(18-14-30)65-25-8-9-36(58)47-22-5-2-3-6-23-48-37(59)20-19-35(44(63)64)53-42(61)31-11-15-32(16-12-31)50-27-33-28-51-41-40(52-33)43(62)55-45(46)54-41/h4,7,10-18,24,28,35,50H,2-3,5-6,8-9,19-23,25-27H2,1H3,(H,47,58)(H,48,59)(H,53,61)(H,57,60)(H,63,64)(H3,46,51,54,55,62)/b56-29+. The number of pyridine rings is 1. The van der Waals surface area contributed by atoms with Crippen molar-refractivity contribution >= 4 is 79.7 Å². The molecule has 22 heteroatoms. The predicted molar refractivity (Wildman–Crippen MR) is 257 cm³/mol. The van der Waals surface area contributed by atoms with Gasteiger partial charge in [-0.25, -0.2) is 25.2 Å². The molecule has 20 nitrogen and oxygen atoms in total. The van der Waals surface area contributed by atoms with Crippen LogP contribution in [0.15, 0.2) is 94.0 Å². The highest BCUT2D eigenvalue weighted by Crippen LogP contribution is 2.29. The first-order valence-electron chi connectivity index (χ1n) is 21.6. The Kier molecular flexibility index (Phi) is 20.8. The van der Waals surface area contributed by atoms with E-state index in [1.54, 1.807) is 29.1 Å². The van der Waals surface area contributed by atoms with Gasteiger partial charge in [0.15, 0.2) is 11.2 Å². The zero-order chi connectivity index (χ0) is 47.8. The molecule has 5 rings (SSSR count). The fraction of sp³-hybridized carbons (Fsp3) is 0.356. The third-order valence-electron chi connectivity index (χ3n) is 9.75. The van der Waals surface area contributed by atoms with Crippen LogP contribution in [0.4, 0.5) is 11.6 Å². The molecule has 0 bridgehead atoms. The summed E-state index contributed by atoms with van der Waals surface area (Å²) in [6.45, 7) is 3.39. The van der Waals surface area contributed by atoms with Gasteiger partial charge in [-0.15, -0.1) is 0 Å². The number of aromatic amines is 1. The molecule has 0 radical (unpaired) electrons. The molecular weight excluding hydrogens is 901 g/mol. The maximum absolute atomic E-state index is 12.8. The summed E-state index contributed by atoms with van der Waals surface area (Å²) in [6.07, 6.45) is 7.46. The number of rotatable bonds is 28. The minimum Gasteiger partial charge on any atom is -0.494 e. The molecular formula is C45H54N12O8S2. The van der Waals surface area contributed by atoms with Gasteiger partial charge in [0, 0.05) is 55.6 Å². The second-order valence-corrected chi connectivity index (χ2v) is 17.4. The average Bonchev–Trinajstić information content (AvgIpc) is 3.33. The van der Waals surface area contributed by atoms with E-state index in [0.717, 1.165) is 36.3 Å². The number of anilines is 2. The van der Waals surface area contributed by atoms with Crippen LogP contribution in [0.2, 0.25) is 0 Å². The van der Waals surface area contributed by atoms with E-state index in [4.69, 9.17) is 10.5 Å². The van der Waals surface area contributed by atoms with Crippen LogP contribution in [0.5, 0.6) is 5.75 Å². The lowest BCUT2D eigenvalue weighted by atomic mass is 10.1. The summed E-state index contributed by atoms with van der Waals surface area (Å²) in [5.41, 5.74) is 10.7. The van der Waals surface area contributed by atoms with Gasteiger partial charge in [0.25, 0.3) is 11.5 Å². The summed E-state index contributed by atoms with van der Waals surface area (Å²) in [7, 11) is 3.09. The molecule has 5 aromatic rings. The number of carbonyl (C=O) groups excluding carboxylic acids is 4. The van der Waals surface area contributed by atoms with E-state index in [0.29, 0.717) is 67.6 Å². The van der Waals surface area contributed by atoms with Gasteiger partial charge in [0.2, 0.25) is 23.7 Å². The van der Waals surface area contributed by atoms with Gasteiger partial charge < -0.3 is 36.8 Å². The minimum absolute atomic E-state index is 0.0525. The number of carboxylic acids is 1. The van der Waals surface area contributed by atoms with E-state index in [2.05, 4.69) is 56.7 Å². The van der Waals surface area contributed by atoms with Crippen LogP contribution in [0, 0.1) is 0 Å². The third kappa shape index (κ3) is 18.4. The number of hydrogen-bond donors (Lipinski definition) is 8. The molecule has 0 spiro atoms. The normalized spacial score (nSPS) is 11.6. The van der Waals surface area contributed by atoms with Gasteiger partial charge >= 0.3 is 5.97 Å². The van der Waals surface area contributed by atoms with E-state index in [9.17, 15) is 33.9 Å². The second kappa shape index (κ2) is 27.4. The van der Waals surface area contributed by atoms with Crippen molar-refractivity contribution in [2.24, 2.45) is 5.10 Å². The van der Waals surface area contributed by atoms with Gasteiger partial charge in [-0.1, -0.05) is 29.7 Å². The summed E-state index contributed by atoms with van der Waals surface area (Å²) < 4.78 is 5.79. The maximum atomic E-state index is 12.8. The van der Waals surface area contributed by atoms with Crippen LogP contribution >= 0.6 is 21.6 Å². The summed E-state index contributed by atoms with van der Waals surface area (Å²) in [4.78, 5) is 92.7. The Morgan fingerprint density at radius 2 is 1.55 bits per heavy atom. The molecule has 3 heterocycles. The number of ether oxygens (including phenoxy) is 1. The number of nitrogen functional groups attached to an aromatic ring is 1. The lowest BCUT2D eigenvalue weighted by Crippen LogP contribution is -2.41. The summed E-state index contributed by atoms with van der Waals surface area (Å²) >= 11 is 0. The molecule has 9 N–H and O–H groups in total. The number of carbonyl (C=O) groups is 5. The number of carboxylic acid groups (broad SMARTS) is 1. The Balaban J connectivity index is 0.852. The van der Waals surface area contributed by atoms with Crippen molar-refractivity contribution < 1.29 is 33.8 Å². The van der Waals surface area contributed by atoms with E-state index in [1.165, 1.54) is 29.1 Å². The number of benzene rings is 2. The molecule has 354 valence electrons. The van der Waals surface area contributed by atoms with Crippen LogP contribution in [0.25, 0.3) is 11.2 Å². The van der Waals surface area contributed by atoms with Crippen molar-refractivity contribution in [1.29, 1.82) is 0 Å². The summed E-state index contributed by atoms with van der Waals surface area (Å²) in [5, 5.41) is 26.1. The maximum Gasteiger partial charge on any atom is 0.326 e. The van der Waals surface area contributed by atoms with Crippen LogP contribution in [-0.4, -0.2) is 96.8 Å². The molecule has 0 saturated heterocycles. The number of H-pyrrole nitrogens is 1. The Labute approximate surface area is 394 Å². The smallest absolute Gasteiger partial charge is 0.326 e. The minimum atomic E-state index is -1.27. The molecule has 0 aliphatic heterocycles. The third-order valence-corrected chi connectivity index (χ3v) is 12.0. The van der Waals surface area contributed by atoms with Gasteiger partial charge in [-0.05, 0) is 110 Å². The number of hydrogen-bond acceptors (Lipinski definition) is 16. The highest BCUT2D eigenvalue weighted by molar-refractivity contribution is 8.76. The van der Waals surface area contributed by atoms with Crippen LogP contribution in [0.3, 0.4) is 0 Å². The molecule has 3 aromatic heterocycles. The molecule has 67 heavy (non-hydrogen) atoms. The largest absolute Gasteiger partial charge is 0.494 e. The van der Waals surface area contributed by atoms with Crippen LogP contribution < -0.4 is 42.7 Å². The highest BCUT2D eigenvalue weighted by Gasteiger charge is 2.22. The average molecular weight is 955 g/mol. The Morgan fingerprint density at radius 3 is 2.25 bits per heavy atom. The Hall–Kier alpha value is -7.07. The van der Waals surface area contributed by atoms with Crippen molar-refractivity contribution in [3.63, 3.8) is 0 Å². The predicted octanol–water partition coefficient (Wildman–Crippen LogP) is 4.59. The fourth-order valence-corrected chi connectivity index (χ4v) is 7.98. The van der Waals surface area contributed by atoms with Crippen molar-refractivity contribution in [1.82, 2.24) is 46.3 Å². The van der Waals surface area contributed by atoms with Crippen molar-refractivity contribution in [2.45, 2.75) is 82.3 Å². The van der Waals surface area contributed by atoms with Crippen molar-refractivity contribution in [3.05, 3.63) is 106 Å².